The zero-order valence-electron chi connectivity index (χ0n) is 19.2. The summed E-state index contributed by atoms with van der Waals surface area (Å²) in [5, 5.41) is 11.6. The number of anilines is 1. The molecular formula is C26H21N3O5S. The summed E-state index contributed by atoms with van der Waals surface area (Å²) in [7, 11) is 3.06. The number of benzene rings is 2. The Hall–Kier alpha value is -4.24. The number of aliphatic hydroxyl groups excluding tert-OH is 1. The van der Waals surface area contributed by atoms with E-state index >= 15 is 0 Å². The van der Waals surface area contributed by atoms with Gasteiger partial charge >= 0.3 is 5.91 Å². The maximum absolute atomic E-state index is 13.4. The number of aliphatic hydroxyl groups is 1. The van der Waals surface area contributed by atoms with E-state index in [1.807, 2.05) is 19.1 Å². The Morgan fingerprint density at radius 1 is 1.03 bits per heavy atom. The average Bonchev–Trinajstić information content (AvgIpc) is 3.40. The first-order valence-corrected chi connectivity index (χ1v) is 11.6. The van der Waals surface area contributed by atoms with Gasteiger partial charge in [0.05, 0.1) is 41.3 Å². The molecule has 0 spiro atoms. The SMILES string of the molecule is COc1cc2sc(N3C(=O)C(=O)/C(=C(/O)c4ccccc4OC)C3c3ccccn3)nc2cc1C. The number of ether oxygens (including phenoxy) is 2. The number of ketones is 1. The molecule has 0 saturated carbocycles. The van der Waals surface area contributed by atoms with Gasteiger partial charge in [0.2, 0.25) is 0 Å². The number of para-hydroxylation sites is 1. The van der Waals surface area contributed by atoms with Crippen molar-refractivity contribution in [3.63, 3.8) is 0 Å². The van der Waals surface area contributed by atoms with Crippen LogP contribution in [0.4, 0.5) is 5.13 Å². The van der Waals surface area contributed by atoms with Gasteiger partial charge in [0, 0.05) is 6.20 Å². The van der Waals surface area contributed by atoms with E-state index in [9.17, 15) is 14.7 Å². The molecule has 1 amide bonds. The second kappa shape index (κ2) is 8.84. The molecule has 0 aliphatic carbocycles. The van der Waals surface area contributed by atoms with Crippen LogP contribution in [0.3, 0.4) is 0 Å². The van der Waals surface area contributed by atoms with E-state index in [2.05, 4.69) is 9.97 Å². The number of nitrogens with zero attached hydrogens (tertiary/aromatic N) is 3. The lowest BCUT2D eigenvalue weighted by Crippen LogP contribution is -2.29. The van der Waals surface area contributed by atoms with E-state index in [0.29, 0.717) is 33.4 Å². The lowest BCUT2D eigenvalue weighted by molar-refractivity contribution is -0.132. The summed E-state index contributed by atoms with van der Waals surface area (Å²) in [5.74, 6) is -0.875. The first-order chi connectivity index (χ1) is 16.9. The third kappa shape index (κ3) is 3.70. The molecule has 1 atom stereocenters. The maximum Gasteiger partial charge on any atom is 0.301 e. The van der Waals surface area contributed by atoms with E-state index in [1.165, 1.54) is 23.3 Å². The lowest BCUT2D eigenvalue weighted by atomic mass is 9.98. The maximum atomic E-state index is 13.4. The number of Topliss-reactive ketones (excluding diaryl/α,β-unsaturated/α-hetero) is 1. The highest BCUT2D eigenvalue weighted by Gasteiger charge is 2.49. The van der Waals surface area contributed by atoms with E-state index in [0.717, 1.165) is 10.3 Å². The van der Waals surface area contributed by atoms with Crippen molar-refractivity contribution in [1.29, 1.82) is 0 Å². The van der Waals surface area contributed by atoms with Crippen LogP contribution in [0.15, 0.2) is 66.4 Å². The number of carbonyl (C=O) groups is 2. The molecule has 1 saturated heterocycles. The van der Waals surface area contributed by atoms with Gasteiger partial charge < -0.3 is 14.6 Å². The topological polar surface area (TPSA) is 102 Å². The summed E-state index contributed by atoms with van der Waals surface area (Å²) in [6.45, 7) is 1.91. The zero-order valence-corrected chi connectivity index (χ0v) is 20.0. The molecule has 2 aromatic carbocycles. The van der Waals surface area contributed by atoms with Gasteiger partial charge in [0.15, 0.2) is 5.13 Å². The van der Waals surface area contributed by atoms with Crippen molar-refractivity contribution in [3.05, 3.63) is 83.2 Å². The molecule has 1 N–H and O–H groups in total. The number of methoxy groups -OCH3 is 2. The van der Waals surface area contributed by atoms with Crippen LogP contribution >= 0.6 is 11.3 Å². The highest BCUT2D eigenvalue weighted by atomic mass is 32.1. The van der Waals surface area contributed by atoms with Crippen LogP contribution in [0.2, 0.25) is 0 Å². The molecule has 176 valence electrons. The number of carbonyl (C=O) groups excluding carboxylic acids is 2. The predicted molar refractivity (Wildman–Crippen MR) is 133 cm³/mol. The molecule has 1 fully saturated rings. The number of hydrogen-bond acceptors (Lipinski definition) is 8. The summed E-state index contributed by atoms with van der Waals surface area (Å²) < 4.78 is 11.6. The van der Waals surface area contributed by atoms with Crippen LogP contribution in [0.25, 0.3) is 16.0 Å². The monoisotopic (exact) mass is 487 g/mol. The van der Waals surface area contributed by atoms with Gasteiger partial charge in [-0.2, -0.15) is 0 Å². The highest BCUT2D eigenvalue weighted by molar-refractivity contribution is 7.22. The molecule has 9 heteroatoms. The minimum atomic E-state index is -0.968. The quantitative estimate of drug-likeness (QED) is 0.248. The molecule has 1 unspecified atom stereocenters. The Balaban J connectivity index is 1.73. The van der Waals surface area contributed by atoms with E-state index in [4.69, 9.17) is 9.47 Å². The van der Waals surface area contributed by atoms with Gasteiger partial charge in [-0.15, -0.1) is 0 Å². The predicted octanol–water partition coefficient (Wildman–Crippen LogP) is 4.64. The minimum Gasteiger partial charge on any atom is -0.507 e. The minimum absolute atomic E-state index is 0.0776. The summed E-state index contributed by atoms with van der Waals surface area (Å²) in [6, 6.07) is 14.7. The molecule has 0 radical (unpaired) electrons. The van der Waals surface area contributed by atoms with Crippen molar-refractivity contribution >= 4 is 44.1 Å². The Morgan fingerprint density at radius 3 is 2.49 bits per heavy atom. The zero-order chi connectivity index (χ0) is 24.7. The van der Waals surface area contributed by atoms with Crippen LogP contribution in [-0.4, -0.2) is 41.0 Å². The summed E-state index contributed by atoms with van der Waals surface area (Å²) in [6.07, 6.45) is 1.57. The number of hydrogen-bond donors (Lipinski definition) is 1. The Bertz CT molecular complexity index is 1500. The molecular weight excluding hydrogens is 466 g/mol. The standard InChI is InChI=1S/C26H21N3O5S/c1-14-12-17-20(13-19(14)34-3)35-26(28-17)29-22(16-9-6-7-11-27-16)21(24(31)25(29)32)23(30)15-8-4-5-10-18(15)33-2/h4-13,22,30H,1-3H3/b23-21+. The summed E-state index contributed by atoms with van der Waals surface area (Å²) in [4.78, 5) is 37.1. The van der Waals surface area contributed by atoms with Gasteiger partial charge in [-0.1, -0.05) is 29.5 Å². The highest BCUT2D eigenvalue weighted by Crippen LogP contribution is 2.45. The van der Waals surface area contributed by atoms with Crippen molar-refractivity contribution in [1.82, 2.24) is 9.97 Å². The van der Waals surface area contributed by atoms with E-state index in [1.54, 1.807) is 55.8 Å². The Labute approximate surface area is 205 Å². The van der Waals surface area contributed by atoms with Crippen molar-refractivity contribution in [2.24, 2.45) is 0 Å². The second-order valence-corrected chi connectivity index (χ2v) is 8.92. The molecule has 4 aromatic rings. The van der Waals surface area contributed by atoms with Gasteiger partial charge in [0.1, 0.15) is 23.3 Å². The molecule has 3 heterocycles. The number of rotatable bonds is 5. The first-order valence-electron chi connectivity index (χ1n) is 10.7. The van der Waals surface area contributed by atoms with E-state index in [-0.39, 0.29) is 11.3 Å². The number of amides is 1. The Kier molecular flexibility index (Phi) is 5.70. The fourth-order valence-corrected chi connectivity index (χ4v) is 5.21. The number of thiazole rings is 1. The number of pyridine rings is 1. The van der Waals surface area contributed by atoms with Gasteiger partial charge in [0.25, 0.3) is 5.78 Å². The molecule has 2 aromatic heterocycles. The van der Waals surface area contributed by atoms with Crippen LogP contribution in [0, 0.1) is 6.92 Å². The van der Waals surface area contributed by atoms with Gasteiger partial charge in [-0.25, -0.2) is 4.98 Å². The van der Waals surface area contributed by atoms with Crippen molar-refractivity contribution in [2.45, 2.75) is 13.0 Å². The van der Waals surface area contributed by atoms with Gasteiger partial charge in [-0.05, 0) is 48.9 Å². The van der Waals surface area contributed by atoms with Crippen LogP contribution < -0.4 is 14.4 Å². The van der Waals surface area contributed by atoms with Crippen LogP contribution in [-0.2, 0) is 9.59 Å². The number of fused-ring (bicyclic) bond motifs is 1. The molecule has 8 nitrogen and oxygen atoms in total. The fraction of sp³-hybridized carbons (Fsp3) is 0.154. The smallest absolute Gasteiger partial charge is 0.301 e. The fourth-order valence-electron chi connectivity index (χ4n) is 4.20. The second-order valence-electron chi connectivity index (χ2n) is 7.91. The van der Waals surface area contributed by atoms with E-state index < -0.39 is 17.7 Å². The Morgan fingerprint density at radius 2 is 1.77 bits per heavy atom. The summed E-state index contributed by atoms with van der Waals surface area (Å²) in [5.41, 5.74) is 2.23. The number of aromatic nitrogens is 2. The normalized spacial score (nSPS) is 17.2. The average molecular weight is 488 g/mol. The largest absolute Gasteiger partial charge is 0.507 e. The first kappa shape index (κ1) is 22.5. The van der Waals surface area contributed by atoms with Crippen LogP contribution in [0.5, 0.6) is 11.5 Å². The molecule has 5 rings (SSSR count). The molecule has 35 heavy (non-hydrogen) atoms. The molecule has 0 bridgehead atoms. The third-order valence-corrected chi connectivity index (χ3v) is 6.89. The van der Waals surface area contributed by atoms with Crippen molar-refractivity contribution in [2.75, 3.05) is 19.1 Å². The van der Waals surface area contributed by atoms with Crippen LogP contribution in [0.1, 0.15) is 22.9 Å². The number of aryl methyl sites for hydroxylation is 1. The molecule has 1 aliphatic rings. The lowest BCUT2D eigenvalue weighted by Gasteiger charge is -2.22. The van der Waals surface area contributed by atoms with Gasteiger partial charge in [-0.3, -0.25) is 19.5 Å². The molecule has 1 aliphatic heterocycles. The van der Waals surface area contributed by atoms with Crippen molar-refractivity contribution < 1.29 is 24.2 Å². The third-order valence-electron chi connectivity index (χ3n) is 5.87. The van der Waals surface area contributed by atoms with Crippen molar-refractivity contribution in [3.8, 4) is 11.5 Å². The summed E-state index contributed by atoms with van der Waals surface area (Å²) >= 11 is 1.26.